The number of hydrogen-bond donors (Lipinski definition) is 0. The summed E-state index contributed by atoms with van der Waals surface area (Å²) in [5, 5.41) is 11.7. The second-order valence-electron chi connectivity index (χ2n) is 3.11. The van der Waals surface area contributed by atoms with Gasteiger partial charge in [0.1, 0.15) is 13.1 Å². The second-order valence-corrected chi connectivity index (χ2v) is 3.11. The maximum Gasteiger partial charge on any atom is 0.102 e. The van der Waals surface area contributed by atoms with Gasteiger partial charge in [0.2, 0.25) is 0 Å². The molecule has 0 saturated carbocycles. The van der Waals surface area contributed by atoms with Gasteiger partial charge >= 0.3 is 0 Å². The van der Waals surface area contributed by atoms with Crippen LogP contribution in [0.25, 0.3) is 0 Å². The first-order chi connectivity index (χ1) is 4.65. The first-order valence-electron chi connectivity index (χ1n) is 3.81. The summed E-state index contributed by atoms with van der Waals surface area (Å²) >= 11 is 0. The van der Waals surface area contributed by atoms with E-state index in [-0.39, 0.29) is 10.7 Å². The molecule has 0 spiro atoms. The number of ether oxygens (including phenoxy) is 1. The summed E-state index contributed by atoms with van der Waals surface area (Å²) in [7, 11) is 0. The van der Waals surface area contributed by atoms with E-state index in [1.165, 1.54) is 0 Å². The summed E-state index contributed by atoms with van der Waals surface area (Å²) in [5.74, 6) is 0. The largest absolute Gasteiger partial charge is 0.632 e. The van der Waals surface area contributed by atoms with Crippen molar-refractivity contribution in [2.24, 2.45) is 0 Å². The van der Waals surface area contributed by atoms with Crippen LogP contribution in [-0.4, -0.2) is 37.0 Å². The monoisotopic (exact) mass is 145 g/mol. The molecule has 60 valence electrons. The maximum absolute atomic E-state index is 11.7. The third-order valence-electron chi connectivity index (χ3n) is 2.17. The van der Waals surface area contributed by atoms with Crippen molar-refractivity contribution < 1.29 is 9.38 Å². The third-order valence-corrected chi connectivity index (χ3v) is 2.17. The molecule has 0 aromatic rings. The zero-order valence-corrected chi connectivity index (χ0v) is 6.67. The minimum Gasteiger partial charge on any atom is -0.632 e. The Morgan fingerprint density at radius 3 is 2.10 bits per heavy atom. The highest BCUT2D eigenvalue weighted by atomic mass is 16.6. The molecule has 0 aliphatic carbocycles. The van der Waals surface area contributed by atoms with Gasteiger partial charge in [0.05, 0.1) is 19.3 Å². The topological polar surface area (TPSA) is 32.3 Å². The quantitative estimate of drug-likeness (QED) is 0.402. The summed E-state index contributed by atoms with van der Waals surface area (Å²) < 4.78 is 5.03. The molecule has 0 amide bonds. The van der Waals surface area contributed by atoms with Crippen molar-refractivity contribution in [1.29, 1.82) is 0 Å². The molecular formula is C7H15NO2. The van der Waals surface area contributed by atoms with Crippen molar-refractivity contribution in [2.75, 3.05) is 26.3 Å². The van der Waals surface area contributed by atoms with Crippen molar-refractivity contribution in [2.45, 2.75) is 19.9 Å². The summed E-state index contributed by atoms with van der Waals surface area (Å²) in [6, 6.07) is 0.184. The van der Waals surface area contributed by atoms with Gasteiger partial charge in [-0.3, -0.25) is 0 Å². The number of rotatable bonds is 1. The number of quaternary nitrogens is 1. The first kappa shape index (κ1) is 7.98. The standard InChI is InChI=1S/C7H15NO2/c1-7(2)8(9)3-5-10-6-4-8/h7H,3-6H2,1-2H3. The molecule has 0 aromatic carbocycles. The van der Waals surface area contributed by atoms with Crippen molar-refractivity contribution in [3.63, 3.8) is 0 Å². The van der Waals surface area contributed by atoms with Gasteiger partial charge in [0.15, 0.2) is 0 Å². The molecule has 0 bridgehead atoms. The van der Waals surface area contributed by atoms with E-state index in [2.05, 4.69) is 0 Å². The SMILES string of the molecule is CC(C)[N+]1([O-])CCOCC1. The molecule has 0 aromatic heterocycles. The molecule has 1 rings (SSSR count). The van der Waals surface area contributed by atoms with Gasteiger partial charge in [-0.25, -0.2) is 0 Å². The lowest BCUT2D eigenvalue weighted by molar-refractivity contribution is -0.909. The average molecular weight is 145 g/mol. The molecule has 1 aliphatic rings. The summed E-state index contributed by atoms with van der Waals surface area (Å²) in [6.45, 7) is 6.44. The van der Waals surface area contributed by atoms with E-state index in [9.17, 15) is 5.21 Å². The number of hydroxylamine groups is 3. The molecule has 3 heteroatoms. The fraction of sp³-hybridized carbons (Fsp3) is 1.00. The Kier molecular flexibility index (Phi) is 2.28. The van der Waals surface area contributed by atoms with Crippen LogP contribution in [-0.2, 0) is 4.74 Å². The average Bonchev–Trinajstić information content (AvgIpc) is 1.89. The van der Waals surface area contributed by atoms with Gasteiger partial charge in [-0.15, -0.1) is 0 Å². The van der Waals surface area contributed by atoms with Gasteiger partial charge in [-0.1, -0.05) is 0 Å². The smallest absolute Gasteiger partial charge is 0.102 e. The van der Waals surface area contributed by atoms with Gasteiger partial charge < -0.3 is 14.6 Å². The fourth-order valence-corrected chi connectivity index (χ4v) is 1.17. The molecule has 1 fully saturated rings. The Labute approximate surface area is 61.8 Å². The molecule has 0 radical (unpaired) electrons. The van der Waals surface area contributed by atoms with Crippen LogP contribution >= 0.6 is 0 Å². The van der Waals surface area contributed by atoms with E-state index < -0.39 is 0 Å². The van der Waals surface area contributed by atoms with E-state index >= 15 is 0 Å². The van der Waals surface area contributed by atoms with Gasteiger partial charge in [-0.2, -0.15) is 0 Å². The summed E-state index contributed by atoms with van der Waals surface area (Å²) in [6.07, 6.45) is 0. The highest BCUT2D eigenvalue weighted by molar-refractivity contribution is 4.53. The molecule has 3 nitrogen and oxygen atoms in total. The Bertz CT molecular complexity index is 108. The number of hydrogen-bond acceptors (Lipinski definition) is 2. The summed E-state index contributed by atoms with van der Waals surface area (Å²) in [5.41, 5.74) is 0. The predicted molar refractivity (Wildman–Crippen MR) is 39.3 cm³/mol. The van der Waals surface area contributed by atoms with Crippen molar-refractivity contribution in [3.8, 4) is 0 Å². The van der Waals surface area contributed by atoms with Gasteiger partial charge in [0.25, 0.3) is 0 Å². The van der Waals surface area contributed by atoms with Crippen molar-refractivity contribution in [1.82, 2.24) is 0 Å². The molecule has 0 atom stereocenters. The Hall–Kier alpha value is -0.120. The molecule has 1 saturated heterocycles. The zero-order chi connectivity index (χ0) is 7.61. The fourth-order valence-electron chi connectivity index (χ4n) is 1.17. The number of morpholine rings is 1. The third kappa shape index (κ3) is 1.48. The summed E-state index contributed by atoms with van der Waals surface area (Å²) in [4.78, 5) is 0. The van der Waals surface area contributed by atoms with Crippen molar-refractivity contribution in [3.05, 3.63) is 5.21 Å². The van der Waals surface area contributed by atoms with Crippen LogP contribution in [0.2, 0.25) is 0 Å². The van der Waals surface area contributed by atoms with Gasteiger partial charge in [0, 0.05) is 0 Å². The van der Waals surface area contributed by atoms with E-state index in [4.69, 9.17) is 4.74 Å². The molecule has 1 aliphatic heterocycles. The van der Waals surface area contributed by atoms with Crippen LogP contribution < -0.4 is 0 Å². The van der Waals surface area contributed by atoms with E-state index in [1.54, 1.807) is 0 Å². The zero-order valence-electron chi connectivity index (χ0n) is 6.67. The lowest BCUT2D eigenvalue weighted by Gasteiger charge is -2.48. The molecule has 0 N–H and O–H groups in total. The Balaban J connectivity index is 2.48. The predicted octanol–water partition coefficient (Wildman–Crippen LogP) is 0.740. The Morgan fingerprint density at radius 2 is 1.80 bits per heavy atom. The number of nitrogens with zero attached hydrogens (tertiary/aromatic N) is 1. The lowest BCUT2D eigenvalue weighted by Crippen LogP contribution is -2.54. The van der Waals surface area contributed by atoms with Crippen molar-refractivity contribution >= 4 is 0 Å². The minimum absolute atomic E-state index is 0.0694. The minimum atomic E-state index is -0.0694. The van der Waals surface area contributed by atoms with E-state index in [0.29, 0.717) is 26.3 Å². The lowest BCUT2D eigenvalue weighted by atomic mass is 10.3. The normalized spacial score (nSPS) is 25.2. The van der Waals surface area contributed by atoms with Crippen LogP contribution in [0, 0.1) is 5.21 Å². The maximum atomic E-state index is 11.7. The van der Waals surface area contributed by atoms with Crippen LogP contribution in [0.15, 0.2) is 0 Å². The first-order valence-corrected chi connectivity index (χ1v) is 3.81. The second kappa shape index (κ2) is 2.86. The highest BCUT2D eigenvalue weighted by Gasteiger charge is 2.23. The Morgan fingerprint density at radius 1 is 1.30 bits per heavy atom. The van der Waals surface area contributed by atoms with Crippen LogP contribution in [0.4, 0.5) is 0 Å². The molecule has 0 unspecified atom stereocenters. The van der Waals surface area contributed by atoms with Gasteiger partial charge in [-0.05, 0) is 13.8 Å². The van der Waals surface area contributed by atoms with Crippen LogP contribution in [0.1, 0.15) is 13.8 Å². The molecular weight excluding hydrogens is 130 g/mol. The molecule has 1 heterocycles. The highest BCUT2D eigenvalue weighted by Crippen LogP contribution is 2.13. The van der Waals surface area contributed by atoms with Crippen LogP contribution in [0.5, 0.6) is 0 Å². The molecule has 10 heavy (non-hydrogen) atoms. The van der Waals surface area contributed by atoms with E-state index in [0.717, 1.165) is 0 Å². The van der Waals surface area contributed by atoms with E-state index in [1.807, 2.05) is 13.8 Å². The van der Waals surface area contributed by atoms with Crippen LogP contribution in [0.3, 0.4) is 0 Å².